The first kappa shape index (κ1) is 17.2. The summed E-state index contributed by atoms with van der Waals surface area (Å²) < 4.78 is 0. The van der Waals surface area contributed by atoms with E-state index in [2.05, 4.69) is 74.7 Å². The van der Waals surface area contributed by atoms with Crippen LogP contribution in [-0.2, 0) is 0 Å². The first-order chi connectivity index (χ1) is 10.7. The molecule has 0 saturated carbocycles. The van der Waals surface area contributed by atoms with Crippen molar-refractivity contribution in [1.29, 1.82) is 0 Å². The average Bonchev–Trinajstić information content (AvgIpc) is 2.53. The maximum Gasteiger partial charge on any atom is 0.0119 e. The first-order valence-corrected chi connectivity index (χ1v) is 9.54. The van der Waals surface area contributed by atoms with Crippen molar-refractivity contribution in [2.75, 3.05) is 0 Å². The first-order valence-electron chi connectivity index (χ1n) is 7.84. The van der Waals surface area contributed by atoms with Crippen LogP contribution in [0.2, 0.25) is 0 Å². The number of rotatable bonds is 7. The molecule has 22 heavy (non-hydrogen) atoms. The summed E-state index contributed by atoms with van der Waals surface area (Å²) in [4.78, 5) is 4.10. The van der Waals surface area contributed by atoms with Crippen molar-refractivity contribution in [1.82, 2.24) is 0 Å². The number of thioether (sulfide) groups is 2. The molecule has 0 aliphatic rings. The Balaban J connectivity index is 2.05. The highest BCUT2D eigenvalue weighted by Crippen LogP contribution is 2.34. The molecule has 0 N–H and O–H groups in total. The van der Waals surface area contributed by atoms with Crippen LogP contribution >= 0.6 is 23.5 Å². The van der Waals surface area contributed by atoms with Crippen LogP contribution in [0.4, 0.5) is 0 Å². The fourth-order valence-electron chi connectivity index (χ4n) is 1.99. The van der Waals surface area contributed by atoms with Crippen molar-refractivity contribution in [2.45, 2.75) is 49.8 Å². The van der Waals surface area contributed by atoms with E-state index in [1.165, 1.54) is 38.7 Å². The zero-order valence-corrected chi connectivity index (χ0v) is 15.3. The standard InChI is InChI=1S/C20H24S2/c1-4-5-6-20(22-19-13-9-17(3)10-14-19)15-21-18-11-7-16(2)8-12-18/h7-15H,4-6H2,1-3H3. The van der Waals surface area contributed by atoms with Crippen LogP contribution in [0.1, 0.15) is 37.3 Å². The zero-order valence-electron chi connectivity index (χ0n) is 13.6. The number of allylic oxidation sites excluding steroid dienone is 1. The highest BCUT2D eigenvalue weighted by Gasteiger charge is 2.02. The van der Waals surface area contributed by atoms with Crippen molar-refractivity contribution in [3.05, 3.63) is 70.0 Å². The third-order valence-electron chi connectivity index (χ3n) is 3.39. The molecule has 0 heterocycles. The molecule has 2 aromatic carbocycles. The summed E-state index contributed by atoms with van der Waals surface area (Å²) in [6, 6.07) is 17.6. The Labute approximate surface area is 143 Å². The van der Waals surface area contributed by atoms with E-state index < -0.39 is 0 Å². The van der Waals surface area contributed by atoms with Gasteiger partial charge in [0.15, 0.2) is 0 Å². The minimum atomic E-state index is 1.16. The molecule has 0 bridgehead atoms. The fourth-order valence-corrected chi connectivity index (χ4v) is 3.83. The second-order valence-electron chi connectivity index (χ2n) is 5.53. The lowest BCUT2D eigenvalue weighted by atomic mass is 10.2. The lowest BCUT2D eigenvalue weighted by molar-refractivity contribution is 0.809. The molecule has 0 aromatic heterocycles. The van der Waals surface area contributed by atoms with E-state index in [0.29, 0.717) is 0 Å². The van der Waals surface area contributed by atoms with E-state index in [-0.39, 0.29) is 0 Å². The molecule has 116 valence electrons. The molecule has 0 unspecified atom stereocenters. The number of hydrogen-bond donors (Lipinski definition) is 0. The summed E-state index contributed by atoms with van der Waals surface area (Å²) in [5.74, 6) is 0. The molecule has 2 aromatic rings. The molecule has 0 saturated heterocycles. The van der Waals surface area contributed by atoms with Crippen LogP contribution in [0.25, 0.3) is 0 Å². The van der Waals surface area contributed by atoms with Crippen molar-refractivity contribution in [2.24, 2.45) is 0 Å². The zero-order chi connectivity index (χ0) is 15.8. The minimum Gasteiger partial charge on any atom is -0.0972 e. The van der Waals surface area contributed by atoms with Crippen LogP contribution in [0.15, 0.2) is 68.6 Å². The predicted octanol–water partition coefficient (Wildman–Crippen LogP) is 7.22. The van der Waals surface area contributed by atoms with E-state index in [9.17, 15) is 0 Å². The molecule has 0 amide bonds. The normalized spacial score (nSPS) is 11.7. The van der Waals surface area contributed by atoms with E-state index in [4.69, 9.17) is 0 Å². The smallest absolute Gasteiger partial charge is 0.0119 e. The van der Waals surface area contributed by atoms with Crippen molar-refractivity contribution >= 4 is 23.5 Å². The maximum atomic E-state index is 2.32. The van der Waals surface area contributed by atoms with Gasteiger partial charge in [0.1, 0.15) is 0 Å². The van der Waals surface area contributed by atoms with Gasteiger partial charge < -0.3 is 0 Å². The SMILES string of the molecule is CCCCC(=CSc1ccc(C)cc1)Sc1ccc(C)cc1. The average molecular weight is 329 g/mol. The van der Waals surface area contributed by atoms with Gasteiger partial charge in [-0.1, -0.05) is 72.3 Å². The minimum absolute atomic E-state index is 1.16. The Kier molecular flexibility index (Phi) is 7.14. The van der Waals surface area contributed by atoms with E-state index in [1.807, 2.05) is 23.5 Å². The van der Waals surface area contributed by atoms with Gasteiger partial charge in [-0.25, -0.2) is 0 Å². The number of hydrogen-bond acceptors (Lipinski definition) is 2. The Hall–Kier alpha value is -1.12. The molecular weight excluding hydrogens is 304 g/mol. The van der Waals surface area contributed by atoms with Crippen molar-refractivity contribution in [3.63, 3.8) is 0 Å². The topological polar surface area (TPSA) is 0 Å². The summed E-state index contributed by atoms with van der Waals surface area (Å²) in [5.41, 5.74) is 2.63. The predicted molar refractivity (Wildman–Crippen MR) is 102 cm³/mol. The van der Waals surface area contributed by atoms with Gasteiger partial charge in [0.05, 0.1) is 0 Å². The van der Waals surface area contributed by atoms with Crippen molar-refractivity contribution < 1.29 is 0 Å². The number of benzene rings is 2. The van der Waals surface area contributed by atoms with Crippen LogP contribution < -0.4 is 0 Å². The summed E-state index contributed by atoms with van der Waals surface area (Å²) >= 11 is 3.73. The highest BCUT2D eigenvalue weighted by molar-refractivity contribution is 8.06. The Bertz CT molecular complexity index is 595. The molecule has 2 rings (SSSR count). The molecule has 2 heteroatoms. The molecule has 0 fully saturated rings. The second-order valence-corrected chi connectivity index (χ2v) is 7.68. The van der Waals surface area contributed by atoms with Gasteiger partial charge in [0, 0.05) is 9.79 Å². The fraction of sp³-hybridized carbons (Fsp3) is 0.300. The quantitative estimate of drug-likeness (QED) is 0.492. The Morgan fingerprint density at radius 1 is 0.864 bits per heavy atom. The monoisotopic (exact) mass is 328 g/mol. The van der Waals surface area contributed by atoms with Gasteiger partial charge >= 0.3 is 0 Å². The number of aryl methyl sites for hydroxylation is 2. The van der Waals surface area contributed by atoms with E-state index in [1.54, 1.807) is 0 Å². The van der Waals surface area contributed by atoms with Crippen molar-refractivity contribution in [3.8, 4) is 0 Å². The molecular formula is C20H24S2. The third kappa shape index (κ3) is 5.94. The summed E-state index contributed by atoms with van der Waals surface area (Å²) in [7, 11) is 0. The summed E-state index contributed by atoms with van der Waals surface area (Å²) in [5, 5.41) is 2.32. The molecule has 0 aliphatic carbocycles. The van der Waals surface area contributed by atoms with Crippen LogP contribution in [-0.4, -0.2) is 0 Å². The van der Waals surface area contributed by atoms with Crippen LogP contribution in [0, 0.1) is 13.8 Å². The lowest BCUT2D eigenvalue weighted by Gasteiger charge is -2.07. The third-order valence-corrected chi connectivity index (χ3v) is 5.58. The van der Waals surface area contributed by atoms with Crippen LogP contribution in [0.3, 0.4) is 0 Å². The van der Waals surface area contributed by atoms with Gasteiger partial charge in [-0.3, -0.25) is 0 Å². The molecule has 0 nitrogen and oxygen atoms in total. The second kappa shape index (κ2) is 9.12. The Morgan fingerprint density at radius 3 is 1.95 bits per heavy atom. The van der Waals surface area contributed by atoms with Crippen LogP contribution in [0.5, 0.6) is 0 Å². The maximum absolute atomic E-state index is 2.32. The van der Waals surface area contributed by atoms with Gasteiger partial charge in [-0.05, 0) is 61.3 Å². The van der Waals surface area contributed by atoms with Gasteiger partial charge in [-0.2, -0.15) is 0 Å². The van der Waals surface area contributed by atoms with E-state index in [0.717, 1.165) is 6.42 Å². The van der Waals surface area contributed by atoms with Gasteiger partial charge in [0.2, 0.25) is 0 Å². The lowest BCUT2D eigenvalue weighted by Crippen LogP contribution is -1.80. The van der Waals surface area contributed by atoms with E-state index >= 15 is 0 Å². The molecule has 0 atom stereocenters. The molecule has 0 aliphatic heterocycles. The number of unbranched alkanes of at least 4 members (excludes halogenated alkanes) is 1. The highest BCUT2D eigenvalue weighted by atomic mass is 32.2. The van der Waals surface area contributed by atoms with Gasteiger partial charge in [0.25, 0.3) is 0 Å². The largest absolute Gasteiger partial charge is 0.0972 e. The molecule has 0 spiro atoms. The molecule has 0 radical (unpaired) electrons. The summed E-state index contributed by atoms with van der Waals surface area (Å²) in [6.45, 7) is 6.51. The summed E-state index contributed by atoms with van der Waals surface area (Å²) in [6.07, 6.45) is 3.65. The Morgan fingerprint density at radius 2 is 1.41 bits per heavy atom. The van der Waals surface area contributed by atoms with Gasteiger partial charge in [-0.15, -0.1) is 0 Å².